The van der Waals surface area contributed by atoms with Crippen molar-refractivity contribution in [3.8, 4) is 0 Å². The predicted molar refractivity (Wildman–Crippen MR) is 63.4 cm³/mol. The maximum atomic E-state index is 11.5. The number of ether oxygens (including phenoxy) is 1. The number of carbonyl (C=O) groups excluding carboxylic acids is 1. The van der Waals surface area contributed by atoms with Crippen LogP contribution in [0.4, 0.5) is 4.79 Å². The summed E-state index contributed by atoms with van der Waals surface area (Å²) in [6.45, 7) is 8.95. The van der Waals surface area contributed by atoms with Crippen molar-refractivity contribution in [3.05, 3.63) is 0 Å². The summed E-state index contributed by atoms with van der Waals surface area (Å²) < 4.78 is 5.19. The van der Waals surface area contributed by atoms with Crippen molar-refractivity contribution in [3.63, 3.8) is 0 Å². The van der Waals surface area contributed by atoms with Gasteiger partial charge in [0.05, 0.1) is 6.10 Å². The number of hydrogen-bond donors (Lipinski definition) is 2. The van der Waals surface area contributed by atoms with Gasteiger partial charge in [-0.15, -0.1) is 0 Å². The van der Waals surface area contributed by atoms with Crippen LogP contribution in [0.2, 0.25) is 0 Å². The zero-order chi connectivity index (χ0) is 12.8. The number of nitrogens with zero attached hydrogens (tertiary/aromatic N) is 1. The van der Waals surface area contributed by atoms with Gasteiger partial charge in [0, 0.05) is 26.7 Å². The van der Waals surface area contributed by atoms with Crippen molar-refractivity contribution in [2.45, 2.75) is 39.4 Å². The Hall–Kier alpha value is -0.810. The minimum atomic E-state index is -0.460. The first-order chi connectivity index (χ1) is 7.22. The third-order valence-electron chi connectivity index (χ3n) is 1.77. The minimum absolute atomic E-state index is 0.327. The summed E-state index contributed by atoms with van der Waals surface area (Å²) in [6, 6.07) is 0. The van der Waals surface area contributed by atoms with Crippen molar-refractivity contribution < 1.29 is 14.6 Å². The Morgan fingerprint density at radius 2 is 2.06 bits per heavy atom. The van der Waals surface area contributed by atoms with E-state index < -0.39 is 5.60 Å². The normalized spacial score (nSPS) is 13.4. The molecule has 0 aromatic rings. The number of likely N-dealkylation sites (N-methyl/N-ethyl adjacent to an activating group) is 1. The number of nitrogens with one attached hydrogen (secondary N) is 1. The Labute approximate surface area is 97.8 Å². The van der Waals surface area contributed by atoms with Gasteiger partial charge >= 0.3 is 6.09 Å². The van der Waals surface area contributed by atoms with Crippen molar-refractivity contribution in [2.75, 3.05) is 26.7 Å². The first-order valence-electron chi connectivity index (χ1n) is 5.55. The van der Waals surface area contributed by atoms with Gasteiger partial charge in [0.2, 0.25) is 0 Å². The summed E-state index contributed by atoms with van der Waals surface area (Å²) in [4.78, 5) is 13.0. The van der Waals surface area contributed by atoms with Crippen molar-refractivity contribution in [1.82, 2.24) is 10.2 Å². The lowest BCUT2D eigenvalue weighted by molar-refractivity contribution is 0.0300. The lowest BCUT2D eigenvalue weighted by Crippen LogP contribution is -2.39. The van der Waals surface area contributed by atoms with Gasteiger partial charge in [0.15, 0.2) is 0 Å². The molecule has 1 unspecified atom stereocenters. The second-order valence-electron chi connectivity index (χ2n) is 4.96. The average molecular weight is 232 g/mol. The Morgan fingerprint density at radius 3 is 2.50 bits per heavy atom. The van der Waals surface area contributed by atoms with E-state index in [1.807, 2.05) is 20.8 Å². The van der Waals surface area contributed by atoms with E-state index >= 15 is 0 Å². The Morgan fingerprint density at radius 1 is 1.50 bits per heavy atom. The zero-order valence-electron chi connectivity index (χ0n) is 10.9. The Kier molecular flexibility index (Phi) is 6.36. The van der Waals surface area contributed by atoms with Gasteiger partial charge in [-0.05, 0) is 27.7 Å². The van der Waals surface area contributed by atoms with E-state index in [-0.39, 0.29) is 12.2 Å². The molecule has 0 aromatic carbocycles. The van der Waals surface area contributed by atoms with Crippen LogP contribution in [0.1, 0.15) is 27.7 Å². The zero-order valence-corrected chi connectivity index (χ0v) is 10.9. The molecule has 5 heteroatoms. The molecular formula is C11H24N2O3. The summed E-state index contributed by atoms with van der Waals surface area (Å²) in [5.74, 6) is 0. The maximum Gasteiger partial charge on any atom is 0.410 e. The van der Waals surface area contributed by atoms with Crippen LogP contribution in [0.15, 0.2) is 0 Å². The van der Waals surface area contributed by atoms with E-state index in [1.54, 1.807) is 14.0 Å². The first-order valence-corrected chi connectivity index (χ1v) is 5.55. The van der Waals surface area contributed by atoms with E-state index in [9.17, 15) is 4.79 Å². The van der Waals surface area contributed by atoms with Gasteiger partial charge in [0.25, 0.3) is 0 Å². The van der Waals surface area contributed by atoms with E-state index in [1.165, 1.54) is 4.90 Å². The minimum Gasteiger partial charge on any atom is -0.444 e. The first kappa shape index (κ1) is 15.2. The van der Waals surface area contributed by atoms with Gasteiger partial charge in [-0.2, -0.15) is 0 Å². The fourth-order valence-corrected chi connectivity index (χ4v) is 0.989. The van der Waals surface area contributed by atoms with Crippen molar-refractivity contribution in [1.29, 1.82) is 0 Å². The largest absolute Gasteiger partial charge is 0.444 e. The number of hydrogen-bond acceptors (Lipinski definition) is 4. The molecule has 16 heavy (non-hydrogen) atoms. The molecule has 5 nitrogen and oxygen atoms in total. The van der Waals surface area contributed by atoms with E-state index in [4.69, 9.17) is 9.84 Å². The van der Waals surface area contributed by atoms with E-state index in [0.717, 1.165) is 0 Å². The summed E-state index contributed by atoms with van der Waals surface area (Å²) in [7, 11) is 1.69. The van der Waals surface area contributed by atoms with Gasteiger partial charge in [-0.3, -0.25) is 0 Å². The van der Waals surface area contributed by atoms with E-state index in [2.05, 4.69) is 5.32 Å². The molecule has 0 aliphatic carbocycles. The maximum absolute atomic E-state index is 11.5. The number of aliphatic hydroxyl groups is 1. The van der Waals surface area contributed by atoms with Crippen molar-refractivity contribution in [2.24, 2.45) is 0 Å². The quantitative estimate of drug-likeness (QED) is 0.689. The summed E-state index contributed by atoms with van der Waals surface area (Å²) >= 11 is 0. The smallest absolute Gasteiger partial charge is 0.410 e. The van der Waals surface area contributed by atoms with Crippen LogP contribution < -0.4 is 5.32 Å². The van der Waals surface area contributed by atoms with Crippen LogP contribution in [0, 0.1) is 0 Å². The molecule has 96 valence electrons. The summed E-state index contributed by atoms with van der Waals surface area (Å²) in [5, 5.41) is 12.0. The Bertz CT molecular complexity index is 212. The standard InChI is InChI=1S/C11H24N2O3/c1-9(14)8-12-6-7-13(5)10(15)16-11(2,3)4/h9,12,14H,6-8H2,1-5H3. The van der Waals surface area contributed by atoms with Crippen LogP contribution in [-0.4, -0.2) is 54.5 Å². The summed E-state index contributed by atoms with van der Waals surface area (Å²) in [6.07, 6.45) is -0.696. The molecule has 1 amide bonds. The highest BCUT2D eigenvalue weighted by Gasteiger charge is 2.18. The second-order valence-corrected chi connectivity index (χ2v) is 4.96. The third kappa shape index (κ3) is 8.49. The SMILES string of the molecule is CC(O)CNCCN(C)C(=O)OC(C)(C)C. The highest BCUT2D eigenvalue weighted by molar-refractivity contribution is 5.67. The van der Waals surface area contributed by atoms with Gasteiger partial charge in [0.1, 0.15) is 5.60 Å². The van der Waals surface area contributed by atoms with Gasteiger partial charge in [-0.25, -0.2) is 4.79 Å². The van der Waals surface area contributed by atoms with Crippen LogP contribution in [0.25, 0.3) is 0 Å². The highest BCUT2D eigenvalue weighted by atomic mass is 16.6. The number of rotatable bonds is 5. The molecule has 0 fully saturated rings. The van der Waals surface area contributed by atoms with Crippen LogP contribution in [-0.2, 0) is 4.74 Å². The number of carbonyl (C=O) groups is 1. The molecule has 0 aliphatic rings. The van der Waals surface area contributed by atoms with Gasteiger partial charge < -0.3 is 20.1 Å². The molecule has 0 aromatic heterocycles. The molecule has 0 saturated heterocycles. The third-order valence-corrected chi connectivity index (χ3v) is 1.77. The molecule has 0 spiro atoms. The lowest BCUT2D eigenvalue weighted by Gasteiger charge is -2.24. The second kappa shape index (κ2) is 6.70. The van der Waals surface area contributed by atoms with Gasteiger partial charge in [-0.1, -0.05) is 0 Å². The fraction of sp³-hybridized carbons (Fsp3) is 0.909. The molecule has 0 radical (unpaired) electrons. The van der Waals surface area contributed by atoms with Crippen LogP contribution in [0.3, 0.4) is 0 Å². The molecule has 0 aliphatic heterocycles. The molecule has 0 rings (SSSR count). The molecule has 0 heterocycles. The Balaban J connectivity index is 3.72. The topological polar surface area (TPSA) is 61.8 Å². The molecule has 0 bridgehead atoms. The average Bonchev–Trinajstić information content (AvgIpc) is 2.08. The van der Waals surface area contributed by atoms with Crippen LogP contribution >= 0.6 is 0 Å². The number of aliphatic hydroxyl groups excluding tert-OH is 1. The fourth-order valence-electron chi connectivity index (χ4n) is 0.989. The number of amides is 1. The van der Waals surface area contributed by atoms with Crippen LogP contribution in [0.5, 0.6) is 0 Å². The molecule has 1 atom stereocenters. The lowest BCUT2D eigenvalue weighted by atomic mass is 10.2. The monoisotopic (exact) mass is 232 g/mol. The highest BCUT2D eigenvalue weighted by Crippen LogP contribution is 2.08. The molecule has 0 saturated carbocycles. The van der Waals surface area contributed by atoms with Crippen molar-refractivity contribution >= 4 is 6.09 Å². The molecular weight excluding hydrogens is 208 g/mol. The predicted octanol–water partition coefficient (Wildman–Crippen LogP) is 0.824. The van der Waals surface area contributed by atoms with E-state index in [0.29, 0.717) is 19.6 Å². The molecule has 2 N–H and O–H groups in total. The summed E-state index contributed by atoms with van der Waals surface area (Å²) in [5.41, 5.74) is -0.460.